The maximum absolute atomic E-state index is 12.7. The van der Waals surface area contributed by atoms with Crippen molar-refractivity contribution in [3.05, 3.63) is 40.9 Å². The second kappa shape index (κ2) is 5.98. The molecule has 124 valence electrons. The van der Waals surface area contributed by atoms with E-state index < -0.39 is 5.92 Å². The van der Waals surface area contributed by atoms with Crippen molar-refractivity contribution >= 4 is 28.3 Å². The van der Waals surface area contributed by atoms with Crippen molar-refractivity contribution in [1.82, 2.24) is 15.1 Å². The van der Waals surface area contributed by atoms with Crippen LogP contribution >= 0.6 is 11.3 Å². The summed E-state index contributed by atoms with van der Waals surface area (Å²) >= 11 is 1.44. The number of nitrogens with zero attached hydrogens (tertiary/aromatic N) is 3. The van der Waals surface area contributed by atoms with Gasteiger partial charge in [0.1, 0.15) is 5.01 Å². The zero-order chi connectivity index (χ0) is 16.7. The molecule has 0 spiro atoms. The number of anilines is 1. The van der Waals surface area contributed by atoms with Gasteiger partial charge in [0.2, 0.25) is 16.9 Å². The van der Waals surface area contributed by atoms with Crippen molar-refractivity contribution in [2.45, 2.75) is 31.2 Å². The van der Waals surface area contributed by atoms with Crippen molar-refractivity contribution in [3.63, 3.8) is 0 Å². The maximum atomic E-state index is 12.7. The molecule has 0 bridgehead atoms. The van der Waals surface area contributed by atoms with Gasteiger partial charge in [-0.3, -0.25) is 9.59 Å². The van der Waals surface area contributed by atoms with Crippen molar-refractivity contribution in [2.75, 3.05) is 12.4 Å². The summed E-state index contributed by atoms with van der Waals surface area (Å²) < 4.78 is 0. The Labute approximate surface area is 143 Å². The minimum absolute atomic E-state index is 0.0139. The molecular formula is C17H18N4O2S. The fraction of sp³-hybridized carbons (Fsp3) is 0.412. The predicted octanol–water partition coefficient (Wildman–Crippen LogP) is 2.57. The molecule has 1 saturated carbocycles. The van der Waals surface area contributed by atoms with Crippen LogP contribution in [0.15, 0.2) is 30.3 Å². The Kier molecular flexibility index (Phi) is 3.80. The minimum atomic E-state index is -0.418. The first-order valence-corrected chi connectivity index (χ1v) is 8.90. The van der Waals surface area contributed by atoms with Gasteiger partial charge in [0.05, 0.1) is 12.0 Å². The molecule has 2 aliphatic rings. The van der Waals surface area contributed by atoms with E-state index >= 15 is 0 Å². The maximum Gasteiger partial charge on any atom is 0.232 e. The molecule has 1 aromatic carbocycles. The second-order valence-electron chi connectivity index (χ2n) is 6.38. The fourth-order valence-electron chi connectivity index (χ4n) is 3.19. The summed E-state index contributed by atoms with van der Waals surface area (Å²) in [7, 11) is 1.75. The van der Waals surface area contributed by atoms with Gasteiger partial charge >= 0.3 is 0 Å². The van der Waals surface area contributed by atoms with Crippen LogP contribution in [-0.4, -0.2) is 34.0 Å². The summed E-state index contributed by atoms with van der Waals surface area (Å²) in [6.45, 7) is 0. The average Bonchev–Trinajstić information content (AvgIpc) is 3.27. The van der Waals surface area contributed by atoms with Crippen molar-refractivity contribution in [2.24, 2.45) is 5.92 Å². The van der Waals surface area contributed by atoms with Crippen molar-refractivity contribution in [3.8, 4) is 0 Å². The van der Waals surface area contributed by atoms with Gasteiger partial charge in [-0.05, 0) is 18.4 Å². The molecule has 1 N–H and O–H groups in total. The van der Waals surface area contributed by atoms with Crippen LogP contribution in [0.3, 0.4) is 0 Å². The zero-order valence-corrected chi connectivity index (χ0v) is 14.1. The summed E-state index contributed by atoms with van der Waals surface area (Å²) in [5.74, 6) is -0.0810. The van der Waals surface area contributed by atoms with Gasteiger partial charge in [0.15, 0.2) is 0 Å². The highest BCUT2D eigenvalue weighted by atomic mass is 32.1. The van der Waals surface area contributed by atoms with E-state index in [1.807, 2.05) is 30.3 Å². The monoisotopic (exact) mass is 342 g/mol. The topological polar surface area (TPSA) is 75.2 Å². The molecule has 7 heteroatoms. The van der Waals surface area contributed by atoms with Gasteiger partial charge < -0.3 is 10.2 Å². The predicted molar refractivity (Wildman–Crippen MR) is 90.6 cm³/mol. The van der Waals surface area contributed by atoms with Crippen LogP contribution in [0.5, 0.6) is 0 Å². The van der Waals surface area contributed by atoms with Gasteiger partial charge in [-0.25, -0.2) is 0 Å². The standard InChI is InChI=1S/C17H18N4O2S/c1-21-13(22)9-12(14(21)10-5-3-2-4-6-10)15(23)18-17-20-19-16(24-17)11-7-8-11/h2-6,11-12,14H,7-9H2,1H3,(H,18,20,23)/t12-,14-/m0/s1. The molecule has 1 aliphatic heterocycles. The molecule has 2 aromatic rings. The van der Waals surface area contributed by atoms with Crippen molar-refractivity contribution in [1.29, 1.82) is 0 Å². The molecule has 2 heterocycles. The first kappa shape index (κ1) is 15.3. The second-order valence-corrected chi connectivity index (χ2v) is 7.39. The van der Waals surface area contributed by atoms with E-state index in [9.17, 15) is 9.59 Å². The van der Waals surface area contributed by atoms with Crippen LogP contribution in [0, 0.1) is 5.92 Å². The number of hydrogen-bond acceptors (Lipinski definition) is 5. The molecule has 2 atom stereocenters. The summed E-state index contributed by atoms with van der Waals surface area (Å²) in [5, 5.41) is 12.6. The van der Waals surface area contributed by atoms with Crippen molar-refractivity contribution < 1.29 is 9.59 Å². The third-order valence-electron chi connectivity index (χ3n) is 4.66. The van der Waals surface area contributed by atoms with Crippen LogP contribution in [-0.2, 0) is 9.59 Å². The quantitative estimate of drug-likeness (QED) is 0.927. The Morgan fingerprint density at radius 2 is 2.00 bits per heavy atom. The largest absolute Gasteiger partial charge is 0.338 e. The summed E-state index contributed by atoms with van der Waals surface area (Å²) in [6, 6.07) is 9.44. The fourth-order valence-corrected chi connectivity index (χ4v) is 4.10. The minimum Gasteiger partial charge on any atom is -0.338 e. The van der Waals surface area contributed by atoms with E-state index in [4.69, 9.17) is 0 Å². The molecule has 6 nitrogen and oxygen atoms in total. The summed E-state index contributed by atoms with van der Waals surface area (Å²) in [5.41, 5.74) is 0.974. The molecule has 4 rings (SSSR count). The van der Waals surface area contributed by atoms with Gasteiger partial charge in [-0.15, -0.1) is 10.2 Å². The highest BCUT2D eigenvalue weighted by Crippen LogP contribution is 2.42. The molecule has 1 aromatic heterocycles. The van der Waals surface area contributed by atoms with Crippen LogP contribution in [0.1, 0.15) is 41.8 Å². The molecule has 0 unspecified atom stereocenters. The molecular weight excluding hydrogens is 324 g/mol. The number of likely N-dealkylation sites (tertiary alicyclic amines) is 1. The first-order valence-electron chi connectivity index (χ1n) is 8.08. The Morgan fingerprint density at radius 3 is 2.71 bits per heavy atom. The molecule has 24 heavy (non-hydrogen) atoms. The highest BCUT2D eigenvalue weighted by Gasteiger charge is 2.43. The van der Waals surface area contributed by atoms with Crippen LogP contribution < -0.4 is 5.32 Å². The Bertz CT molecular complexity index is 772. The van der Waals surface area contributed by atoms with E-state index in [1.165, 1.54) is 11.3 Å². The summed E-state index contributed by atoms with van der Waals surface area (Å²) in [4.78, 5) is 26.5. The molecule has 0 radical (unpaired) electrons. The lowest BCUT2D eigenvalue weighted by Crippen LogP contribution is -2.29. The number of benzene rings is 1. The Morgan fingerprint density at radius 1 is 1.25 bits per heavy atom. The number of rotatable bonds is 4. The van der Waals surface area contributed by atoms with Gasteiger partial charge in [-0.2, -0.15) is 0 Å². The lowest BCUT2D eigenvalue weighted by atomic mass is 9.93. The smallest absolute Gasteiger partial charge is 0.232 e. The number of aromatic nitrogens is 2. The third kappa shape index (κ3) is 2.80. The number of carbonyl (C=O) groups excluding carboxylic acids is 2. The molecule has 1 saturated heterocycles. The van der Waals surface area contributed by atoms with Gasteiger partial charge in [0.25, 0.3) is 0 Å². The van der Waals surface area contributed by atoms with Gasteiger partial charge in [-0.1, -0.05) is 41.7 Å². The lowest BCUT2D eigenvalue weighted by molar-refractivity contribution is -0.127. The number of hydrogen-bond donors (Lipinski definition) is 1. The Balaban J connectivity index is 1.53. The highest BCUT2D eigenvalue weighted by molar-refractivity contribution is 7.15. The number of nitrogens with one attached hydrogen (secondary N) is 1. The third-order valence-corrected chi connectivity index (χ3v) is 5.66. The zero-order valence-electron chi connectivity index (χ0n) is 13.3. The van der Waals surface area contributed by atoms with Crippen LogP contribution in [0.2, 0.25) is 0 Å². The van der Waals surface area contributed by atoms with Crippen LogP contribution in [0.25, 0.3) is 0 Å². The summed E-state index contributed by atoms with van der Waals surface area (Å²) in [6.07, 6.45) is 2.53. The van der Waals surface area contributed by atoms with Crippen LogP contribution in [0.4, 0.5) is 5.13 Å². The van der Waals surface area contributed by atoms with E-state index in [0.717, 1.165) is 23.4 Å². The number of amides is 2. The van der Waals surface area contributed by atoms with E-state index in [0.29, 0.717) is 11.0 Å². The molecule has 1 aliphatic carbocycles. The normalized spacial score (nSPS) is 23.5. The lowest BCUT2D eigenvalue weighted by Gasteiger charge is -2.24. The number of carbonyl (C=O) groups is 2. The SMILES string of the molecule is CN1C(=O)C[C@H](C(=O)Nc2nnc(C3CC3)s2)[C@@H]1c1ccccc1. The van der Waals surface area contributed by atoms with E-state index in [1.54, 1.807) is 11.9 Å². The first-order chi connectivity index (χ1) is 11.6. The van der Waals surface area contributed by atoms with E-state index in [2.05, 4.69) is 15.5 Å². The van der Waals surface area contributed by atoms with Gasteiger partial charge in [0, 0.05) is 19.4 Å². The Hall–Kier alpha value is -2.28. The molecule has 2 fully saturated rings. The molecule has 2 amide bonds. The average molecular weight is 342 g/mol. The van der Waals surface area contributed by atoms with E-state index in [-0.39, 0.29) is 24.3 Å².